The van der Waals surface area contributed by atoms with Crippen molar-refractivity contribution in [3.8, 4) is 0 Å². The summed E-state index contributed by atoms with van der Waals surface area (Å²) in [5.74, 6) is -0.939. The van der Waals surface area contributed by atoms with Gasteiger partial charge in [-0.05, 0) is 29.6 Å². The second kappa shape index (κ2) is 7.00. The van der Waals surface area contributed by atoms with E-state index in [4.69, 9.17) is 4.74 Å². The summed E-state index contributed by atoms with van der Waals surface area (Å²) in [5, 5.41) is 1.60. The highest BCUT2D eigenvalue weighted by molar-refractivity contribution is 7.94. The van der Waals surface area contributed by atoms with Gasteiger partial charge in [0.1, 0.15) is 14.9 Å². The Morgan fingerprint density at radius 2 is 1.84 bits per heavy atom. The van der Waals surface area contributed by atoms with Crippen LogP contribution in [0.1, 0.15) is 0 Å². The van der Waals surface area contributed by atoms with Gasteiger partial charge in [0, 0.05) is 13.1 Å². The number of nitrogens with one attached hydrogen (secondary N) is 1. The summed E-state index contributed by atoms with van der Waals surface area (Å²) < 4.78 is 72.4. The van der Waals surface area contributed by atoms with Crippen molar-refractivity contribution in [3.63, 3.8) is 0 Å². The van der Waals surface area contributed by atoms with Gasteiger partial charge in [-0.1, -0.05) is 6.07 Å². The van der Waals surface area contributed by atoms with Crippen molar-refractivity contribution in [2.45, 2.75) is 9.10 Å². The maximum Gasteiger partial charge on any atom is 0.271 e. The maximum atomic E-state index is 14.1. The third kappa shape index (κ3) is 3.85. The number of benzene rings is 1. The van der Waals surface area contributed by atoms with E-state index >= 15 is 0 Å². The lowest BCUT2D eigenvalue weighted by molar-refractivity contribution is 0.0729. The molecule has 1 saturated heterocycles. The van der Waals surface area contributed by atoms with E-state index in [9.17, 15) is 21.2 Å². The van der Waals surface area contributed by atoms with Gasteiger partial charge in [0.15, 0.2) is 0 Å². The van der Waals surface area contributed by atoms with E-state index in [2.05, 4.69) is 4.72 Å². The van der Waals surface area contributed by atoms with Crippen LogP contribution >= 0.6 is 11.3 Å². The van der Waals surface area contributed by atoms with Crippen LogP contribution in [0.2, 0.25) is 0 Å². The average molecular weight is 406 g/mol. The molecule has 3 rings (SSSR count). The van der Waals surface area contributed by atoms with E-state index in [1.54, 1.807) is 11.4 Å². The summed E-state index contributed by atoms with van der Waals surface area (Å²) in [5.41, 5.74) is -0.0263. The smallest absolute Gasteiger partial charge is 0.271 e. The highest BCUT2D eigenvalue weighted by atomic mass is 32.2. The molecule has 1 N–H and O–H groups in total. The van der Waals surface area contributed by atoms with Crippen molar-refractivity contribution in [3.05, 3.63) is 41.5 Å². The predicted octanol–water partition coefficient (Wildman–Crippen LogP) is 1.71. The van der Waals surface area contributed by atoms with Crippen LogP contribution in [0.25, 0.3) is 0 Å². The minimum absolute atomic E-state index is 0.0263. The highest BCUT2D eigenvalue weighted by Crippen LogP contribution is 2.26. The summed E-state index contributed by atoms with van der Waals surface area (Å²) in [6.07, 6.45) is 0. The number of nitrogens with zero attached hydrogens (tertiary/aromatic N) is 1. The second-order valence-corrected chi connectivity index (χ2v) is 9.96. The Bertz CT molecular complexity index is 952. The molecule has 0 saturated carbocycles. The number of hydrogen-bond donors (Lipinski definition) is 1. The number of ether oxygens (including phenoxy) is 1. The molecule has 0 aliphatic carbocycles. The largest absolute Gasteiger partial charge is 0.379 e. The Balaban J connectivity index is 1.93. The molecule has 11 heteroatoms. The first-order valence-corrected chi connectivity index (χ1v) is 11.0. The highest BCUT2D eigenvalue weighted by Gasteiger charge is 2.29. The van der Waals surface area contributed by atoms with Crippen molar-refractivity contribution >= 4 is 37.1 Å². The topological polar surface area (TPSA) is 92.8 Å². The first kappa shape index (κ1) is 18.3. The number of sulfonamides is 2. The van der Waals surface area contributed by atoms with Crippen LogP contribution in [-0.4, -0.2) is 47.4 Å². The quantitative estimate of drug-likeness (QED) is 0.816. The van der Waals surface area contributed by atoms with E-state index in [1.165, 1.54) is 12.1 Å². The molecule has 1 aliphatic heterocycles. The second-order valence-electron chi connectivity index (χ2n) is 5.20. The van der Waals surface area contributed by atoms with Gasteiger partial charge in [-0.3, -0.25) is 4.72 Å². The fourth-order valence-electron chi connectivity index (χ4n) is 2.31. The lowest BCUT2D eigenvalue weighted by atomic mass is 10.3. The molecule has 0 bridgehead atoms. The van der Waals surface area contributed by atoms with Gasteiger partial charge >= 0.3 is 0 Å². The van der Waals surface area contributed by atoms with Gasteiger partial charge < -0.3 is 4.74 Å². The molecule has 0 atom stereocenters. The normalized spacial score (nSPS) is 16.7. The first-order chi connectivity index (χ1) is 11.8. The van der Waals surface area contributed by atoms with Gasteiger partial charge in [0.25, 0.3) is 10.0 Å². The fraction of sp³-hybridized carbons (Fsp3) is 0.286. The Hall–Kier alpha value is -1.53. The summed E-state index contributed by atoms with van der Waals surface area (Å²) in [4.78, 5) is -0.569. The maximum absolute atomic E-state index is 14.1. The van der Waals surface area contributed by atoms with Gasteiger partial charge in [0.05, 0.1) is 18.9 Å². The molecule has 2 aromatic rings. The number of hydrogen-bond acceptors (Lipinski definition) is 6. The molecule has 1 aromatic carbocycles. The number of anilines is 1. The van der Waals surface area contributed by atoms with Crippen molar-refractivity contribution in [1.82, 2.24) is 4.31 Å². The predicted molar refractivity (Wildman–Crippen MR) is 91.1 cm³/mol. The number of morpholine rings is 1. The third-order valence-electron chi connectivity index (χ3n) is 3.53. The van der Waals surface area contributed by atoms with Gasteiger partial charge in [-0.25, -0.2) is 21.2 Å². The van der Waals surface area contributed by atoms with E-state index in [0.717, 1.165) is 27.8 Å². The zero-order valence-corrected chi connectivity index (χ0v) is 15.3. The molecule has 0 spiro atoms. The zero-order chi connectivity index (χ0) is 18.1. The molecule has 0 amide bonds. The molecule has 2 heterocycles. The van der Waals surface area contributed by atoms with Crippen LogP contribution < -0.4 is 4.72 Å². The van der Waals surface area contributed by atoms with Crippen LogP contribution in [0.15, 0.2) is 44.8 Å². The van der Waals surface area contributed by atoms with Gasteiger partial charge in [-0.15, -0.1) is 11.3 Å². The van der Waals surface area contributed by atoms with Gasteiger partial charge in [-0.2, -0.15) is 4.31 Å². The standard InChI is InChI=1S/C14H15FN2O5S3/c15-12-4-3-11(16-24(18,19)14-2-1-9-23-14)10-13(12)25(20,21)17-5-7-22-8-6-17/h1-4,9-10,16H,5-8H2. The van der Waals surface area contributed by atoms with E-state index in [-0.39, 0.29) is 36.2 Å². The van der Waals surface area contributed by atoms with Crippen molar-refractivity contribution < 1.29 is 26.0 Å². The van der Waals surface area contributed by atoms with Crippen LogP contribution in [0, 0.1) is 5.82 Å². The van der Waals surface area contributed by atoms with E-state index in [1.807, 2.05) is 0 Å². The SMILES string of the molecule is O=S(=O)(Nc1ccc(F)c(S(=O)(=O)N2CCOCC2)c1)c1cccs1. The Morgan fingerprint density at radius 3 is 2.48 bits per heavy atom. The molecule has 25 heavy (non-hydrogen) atoms. The molecular formula is C14H15FN2O5S3. The van der Waals surface area contributed by atoms with E-state index < -0.39 is 30.8 Å². The van der Waals surface area contributed by atoms with Crippen molar-refractivity contribution in [2.75, 3.05) is 31.0 Å². The van der Waals surface area contributed by atoms with Crippen LogP contribution in [0.3, 0.4) is 0 Å². The third-order valence-corrected chi connectivity index (χ3v) is 8.22. The lowest BCUT2D eigenvalue weighted by Crippen LogP contribution is -2.40. The molecule has 0 radical (unpaired) electrons. The number of halogens is 1. The van der Waals surface area contributed by atoms with Crippen molar-refractivity contribution in [2.24, 2.45) is 0 Å². The summed E-state index contributed by atoms with van der Waals surface area (Å²) in [6.45, 7) is 0.691. The fourth-order valence-corrected chi connectivity index (χ4v) is 5.85. The molecule has 1 aromatic heterocycles. The molecule has 136 valence electrons. The summed E-state index contributed by atoms with van der Waals surface area (Å²) in [6, 6.07) is 6.10. The first-order valence-electron chi connectivity index (χ1n) is 7.24. The number of rotatable bonds is 5. The van der Waals surface area contributed by atoms with Crippen LogP contribution in [0.5, 0.6) is 0 Å². The van der Waals surface area contributed by atoms with E-state index in [0.29, 0.717) is 0 Å². The minimum Gasteiger partial charge on any atom is -0.379 e. The van der Waals surface area contributed by atoms with Crippen LogP contribution in [0.4, 0.5) is 10.1 Å². The molecule has 0 unspecified atom stereocenters. The summed E-state index contributed by atoms with van der Waals surface area (Å²) in [7, 11) is -7.93. The molecular weight excluding hydrogens is 391 g/mol. The Labute approximate surface area is 149 Å². The minimum atomic E-state index is -4.08. The van der Waals surface area contributed by atoms with Crippen molar-refractivity contribution in [1.29, 1.82) is 0 Å². The molecule has 1 fully saturated rings. The average Bonchev–Trinajstić information content (AvgIpc) is 3.13. The monoisotopic (exact) mass is 406 g/mol. The Morgan fingerprint density at radius 1 is 1.12 bits per heavy atom. The molecule has 7 nitrogen and oxygen atoms in total. The number of thiophene rings is 1. The van der Waals surface area contributed by atoms with Crippen LogP contribution in [-0.2, 0) is 24.8 Å². The summed E-state index contributed by atoms with van der Waals surface area (Å²) >= 11 is 1.02. The molecule has 1 aliphatic rings. The Kier molecular flexibility index (Phi) is 5.11. The van der Waals surface area contributed by atoms with Gasteiger partial charge in [0.2, 0.25) is 10.0 Å². The zero-order valence-electron chi connectivity index (χ0n) is 12.9. The lowest BCUT2D eigenvalue weighted by Gasteiger charge is -2.26.